The van der Waals surface area contributed by atoms with Crippen LogP contribution in [0.4, 0.5) is 4.79 Å². The number of carbonyl (C=O) groups excluding carboxylic acids is 2. The van der Waals surface area contributed by atoms with Crippen LogP contribution in [0.3, 0.4) is 0 Å². The van der Waals surface area contributed by atoms with Crippen LogP contribution in [0.15, 0.2) is 12.1 Å². The van der Waals surface area contributed by atoms with Gasteiger partial charge in [-0.1, -0.05) is 26.8 Å². The number of methoxy groups -OCH3 is 1. The third kappa shape index (κ3) is 4.36. The Kier molecular flexibility index (Phi) is 7.27. The molecule has 8 rings (SSSR count). The van der Waals surface area contributed by atoms with E-state index in [1.807, 2.05) is 13.0 Å². The predicted molar refractivity (Wildman–Crippen MR) is 163 cm³/mol. The number of esters is 1. The first kappa shape index (κ1) is 31.7. The average molecular weight is 642 g/mol. The van der Waals surface area contributed by atoms with E-state index >= 15 is 0 Å². The minimum absolute atomic E-state index is 0.146. The maximum atomic E-state index is 12.8. The number of hydrogen-bond donors (Lipinski definition) is 2. The molecule has 1 aromatic rings. The number of carboxylic acids is 1. The van der Waals surface area contributed by atoms with Gasteiger partial charge in [-0.2, -0.15) is 0 Å². The fourth-order valence-corrected chi connectivity index (χ4v) is 10.2. The Morgan fingerprint density at radius 1 is 1.07 bits per heavy atom. The molecule has 2 heterocycles. The first-order chi connectivity index (χ1) is 21.7. The van der Waals surface area contributed by atoms with Gasteiger partial charge in [0.15, 0.2) is 11.5 Å². The third-order valence-corrected chi connectivity index (χ3v) is 13.0. The van der Waals surface area contributed by atoms with E-state index in [1.54, 1.807) is 13.2 Å². The standard InChI is InChI=1S/C35H47NO10/c1-31(2,3)32(4,41)23-17-33-12-13-35(23,42-5)29-34(33)14-15-36(18-20-6-7-20)24(33)16-21-8-9-22(28(46-29)27(21)34)45-30(40)44-19-43-26(39)11-10-25(37)38/h8-9,20,23-24,29,41H,6-7,10-19H2,1-5H3,(H,37,38)/t23-,24?,29-,32?,33-,34+,35-/m1/s1. The Balaban J connectivity index is 1.25. The molecule has 5 fully saturated rings. The van der Waals surface area contributed by atoms with Crippen molar-refractivity contribution in [2.24, 2.45) is 22.7 Å². The van der Waals surface area contributed by atoms with Gasteiger partial charge in [-0.25, -0.2) is 4.79 Å². The summed E-state index contributed by atoms with van der Waals surface area (Å²) in [7, 11) is 1.75. The number of carboxylic acid groups (broad SMARTS) is 1. The lowest BCUT2D eigenvalue weighted by molar-refractivity contribution is -0.312. The molecule has 2 unspecified atom stereocenters. The number of benzene rings is 1. The van der Waals surface area contributed by atoms with Crippen molar-refractivity contribution in [1.82, 2.24) is 4.90 Å². The fourth-order valence-electron chi connectivity index (χ4n) is 10.2. The van der Waals surface area contributed by atoms with Gasteiger partial charge in [0.05, 0.1) is 18.4 Å². The van der Waals surface area contributed by atoms with E-state index in [0.29, 0.717) is 11.8 Å². The summed E-state index contributed by atoms with van der Waals surface area (Å²) in [5.74, 6) is -0.556. The van der Waals surface area contributed by atoms with Crippen LogP contribution in [0.5, 0.6) is 11.5 Å². The Hall–Kier alpha value is -2.89. The minimum atomic E-state index is -1.12. The molecule has 5 aliphatic carbocycles. The van der Waals surface area contributed by atoms with Gasteiger partial charge in [-0.3, -0.25) is 14.5 Å². The first-order valence-electron chi connectivity index (χ1n) is 16.8. The fraction of sp³-hybridized carbons (Fsp3) is 0.743. The molecule has 2 N–H and O–H groups in total. The SMILES string of the molecule is CO[C@]12CC[C@@]3(C[C@@H]1C(C)(O)C(C)(C)C)C1Cc4ccc(OC(=O)OCOC(=O)CCC(=O)O)c5c4[C@@]3(CCN1CC1CC1)[C@H]2O5. The van der Waals surface area contributed by atoms with Crippen molar-refractivity contribution in [3.05, 3.63) is 23.3 Å². The van der Waals surface area contributed by atoms with E-state index in [1.165, 1.54) is 18.4 Å². The summed E-state index contributed by atoms with van der Waals surface area (Å²) >= 11 is 0. The molecule has 1 aromatic carbocycles. The van der Waals surface area contributed by atoms with Gasteiger partial charge in [0.2, 0.25) is 6.79 Å². The Bertz CT molecular complexity index is 1450. The number of aliphatic carboxylic acids is 1. The molecular formula is C35H47NO10. The highest BCUT2D eigenvalue weighted by atomic mass is 16.8. The summed E-state index contributed by atoms with van der Waals surface area (Å²) in [5.41, 5.74) is -0.392. The number of ether oxygens (including phenoxy) is 5. The van der Waals surface area contributed by atoms with Crippen LogP contribution in [0.1, 0.15) is 90.2 Å². The molecule has 0 amide bonds. The molecule has 0 radical (unpaired) electrons. The highest BCUT2D eigenvalue weighted by molar-refractivity contribution is 5.76. The van der Waals surface area contributed by atoms with Crippen LogP contribution in [-0.4, -0.2) is 83.5 Å². The minimum Gasteiger partial charge on any atom is -0.482 e. The normalized spacial score (nSPS) is 35.0. The summed E-state index contributed by atoms with van der Waals surface area (Å²) in [4.78, 5) is 38.0. The number of hydrogen-bond acceptors (Lipinski definition) is 10. The van der Waals surface area contributed by atoms with Gasteiger partial charge in [0.25, 0.3) is 0 Å². The maximum absolute atomic E-state index is 12.8. The van der Waals surface area contributed by atoms with E-state index in [0.717, 1.165) is 56.7 Å². The average Bonchev–Trinajstić information content (AvgIpc) is 3.74. The van der Waals surface area contributed by atoms with Gasteiger partial charge in [-0.15, -0.1) is 0 Å². The number of rotatable bonds is 10. The van der Waals surface area contributed by atoms with Gasteiger partial charge >= 0.3 is 18.1 Å². The monoisotopic (exact) mass is 641 g/mol. The third-order valence-electron chi connectivity index (χ3n) is 13.0. The van der Waals surface area contributed by atoms with Crippen LogP contribution >= 0.6 is 0 Å². The molecule has 2 aliphatic heterocycles. The van der Waals surface area contributed by atoms with Crippen molar-refractivity contribution in [3.63, 3.8) is 0 Å². The van der Waals surface area contributed by atoms with E-state index < -0.39 is 41.5 Å². The lowest BCUT2D eigenvalue weighted by Crippen LogP contribution is -2.83. The van der Waals surface area contributed by atoms with E-state index in [4.69, 9.17) is 28.8 Å². The highest BCUT2D eigenvalue weighted by Gasteiger charge is 2.82. The van der Waals surface area contributed by atoms with Crippen molar-refractivity contribution < 1.29 is 48.3 Å². The van der Waals surface area contributed by atoms with Crippen molar-refractivity contribution in [2.45, 2.75) is 114 Å². The smallest absolute Gasteiger partial charge is 0.482 e. The molecule has 11 nitrogen and oxygen atoms in total. The predicted octanol–water partition coefficient (Wildman–Crippen LogP) is 4.59. The molecule has 2 spiro atoms. The number of fused-ring (bicyclic) bond motifs is 2. The largest absolute Gasteiger partial charge is 0.516 e. The second-order valence-electron chi connectivity index (χ2n) is 15.8. The quantitative estimate of drug-likeness (QED) is 0.211. The van der Waals surface area contributed by atoms with Crippen molar-refractivity contribution in [1.29, 1.82) is 0 Å². The highest BCUT2D eigenvalue weighted by Crippen LogP contribution is 2.78. The van der Waals surface area contributed by atoms with Crippen molar-refractivity contribution in [2.75, 3.05) is 27.0 Å². The van der Waals surface area contributed by atoms with E-state index in [-0.39, 0.29) is 41.4 Å². The molecule has 11 heteroatoms. The molecule has 0 aromatic heterocycles. The van der Waals surface area contributed by atoms with E-state index in [2.05, 4.69) is 25.7 Å². The zero-order valence-electron chi connectivity index (χ0n) is 27.6. The van der Waals surface area contributed by atoms with Gasteiger partial charge in [0.1, 0.15) is 11.7 Å². The van der Waals surface area contributed by atoms with Gasteiger partial charge < -0.3 is 33.9 Å². The molecule has 4 saturated carbocycles. The Morgan fingerprint density at radius 3 is 2.50 bits per heavy atom. The molecule has 1 saturated heterocycles. The van der Waals surface area contributed by atoms with Crippen LogP contribution in [-0.2, 0) is 35.6 Å². The zero-order valence-corrected chi connectivity index (χ0v) is 27.6. The number of nitrogens with zero attached hydrogens (tertiary/aromatic N) is 1. The molecule has 46 heavy (non-hydrogen) atoms. The molecule has 252 valence electrons. The van der Waals surface area contributed by atoms with Crippen LogP contribution < -0.4 is 9.47 Å². The lowest BCUT2D eigenvalue weighted by atomic mass is 9.33. The molecule has 7 atom stereocenters. The van der Waals surface area contributed by atoms with Crippen molar-refractivity contribution in [3.8, 4) is 11.5 Å². The second kappa shape index (κ2) is 10.6. The summed E-state index contributed by atoms with van der Waals surface area (Å²) in [6.07, 6.45) is 4.79. The zero-order chi connectivity index (χ0) is 32.9. The summed E-state index contributed by atoms with van der Waals surface area (Å²) in [6.45, 7) is 9.63. The number of piperidine rings is 1. The summed E-state index contributed by atoms with van der Waals surface area (Å²) in [6, 6.07) is 4.12. The first-order valence-corrected chi connectivity index (χ1v) is 16.8. The Labute approximate surface area is 269 Å². The van der Waals surface area contributed by atoms with Crippen LogP contribution in [0, 0.1) is 22.7 Å². The summed E-state index contributed by atoms with van der Waals surface area (Å²) in [5, 5.41) is 21.1. The van der Waals surface area contributed by atoms with Crippen LogP contribution in [0.2, 0.25) is 0 Å². The molecular weight excluding hydrogens is 594 g/mol. The Morgan fingerprint density at radius 2 is 1.83 bits per heavy atom. The molecule has 4 bridgehead atoms. The topological polar surface area (TPSA) is 141 Å². The molecule has 7 aliphatic rings. The summed E-state index contributed by atoms with van der Waals surface area (Å²) < 4.78 is 29.3. The number of aliphatic hydroxyl groups is 1. The van der Waals surface area contributed by atoms with Crippen molar-refractivity contribution >= 4 is 18.1 Å². The van der Waals surface area contributed by atoms with Gasteiger partial charge in [-0.05, 0) is 81.4 Å². The maximum Gasteiger partial charge on any atom is 0.516 e. The lowest BCUT2D eigenvalue weighted by Gasteiger charge is -2.75. The number of likely N-dealkylation sites (tertiary alicyclic amines) is 1. The number of carbonyl (C=O) groups is 3. The van der Waals surface area contributed by atoms with Crippen LogP contribution in [0.25, 0.3) is 0 Å². The second-order valence-corrected chi connectivity index (χ2v) is 15.8. The van der Waals surface area contributed by atoms with E-state index in [9.17, 15) is 19.5 Å². The van der Waals surface area contributed by atoms with Gasteiger partial charge in [0, 0.05) is 42.0 Å².